The molecule has 1 atom stereocenters. The number of nitrogens with one attached hydrogen (secondary N) is 1. The van der Waals surface area contributed by atoms with Crippen molar-refractivity contribution < 1.29 is 9.90 Å². The van der Waals surface area contributed by atoms with E-state index in [1.807, 2.05) is 38.1 Å². The number of aliphatic hydroxyl groups is 1. The number of nitrogens with zero attached hydrogens (tertiary/aromatic N) is 2. The first-order chi connectivity index (χ1) is 9.49. The van der Waals surface area contributed by atoms with Crippen LogP contribution in [-0.4, -0.2) is 27.3 Å². The average Bonchev–Trinajstić information content (AvgIpc) is 2.76. The van der Waals surface area contributed by atoms with Gasteiger partial charge in [0.05, 0.1) is 6.10 Å². The van der Waals surface area contributed by atoms with Crippen LogP contribution < -0.4 is 5.32 Å². The van der Waals surface area contributed by atoms with Crippen molar-refractivity contribution in [3.05, 3.63) is 52.8 Å². The summed E-state index contributed by atoms with van der Waals surface area (Å²) in [7, 11) is 1.79. The predicted octanol–water partition coefficient (Wildman–Crippen LogP) is 1.50. The Bertz CT molecular complexity index is 600. The van der Waals surface area contributed by atoms with Crippen LogP contribution in [0.4, 0.5) is 0 Å². The molecule has 1 aromatic carbocycles. The molecule has 2 N–H and O–H groups in total. The second-order valence-electron chi connectivity index (χ2n) is 4.88. The molecule has 0 aliphatic carbocycles. The Morgan fingerprint density at radius 2 is 2.10 bits per heavy atom. The molecule has 0 fully saturated rings. The van der Waals surface area contributed by atoms with Crippen molar-refractivity contribution in [3.63, 3.8) is 0 Å². The van der Waals surface area contributed by atoms with Crippen LogP contribution in [0.2, 0.25) is 0 Å². The minimum atomic E-state index is -0.718. The lowest BCUT2D eigenvalue weighted by atomic mass is 10.0. The normalized spacial score (nSPS) is 12.2. The summed E-state index contributed by atoms with van der Waals surface area (Å²) in [6.45, 7) is 3.98. The van der Waals surface area contributed by atoms with E-state index in [9.17, 15) is 9.90 Å². The van der Waals surface area contributed by atoms with Crippen LogP contribution >= 0.6 is 0 Å². The second-order valence-corrected chi connectivity index (χ2v) is 4.88. The van der Waals surface area contributed by atoms with Gasteiger partial charge in [-0.1, -0.05) is 24.3 Å². The zero-order chi connectivity index (χ0) is 14.7. The second kappa shape index (κ2) is 5.88. The topological polar surface area (TPSA) is 67.2 Å². The Morgan fingerprint density at radius 3 is 2.70 bits per heavy atom. The Labute approximate surface area is 118 Å². The quantitative estimate of drug-likeness (QED) is 0.887. The summed E-state index contributed by atoms with van der Waals surface area (Å²) < 4.78 is 1.65. The van der Waals surface area contributed by atoms with Gasteiger partial charge in [0, 0.05) is 19.3 Å². The third-order valence-corrected chi connectivity index (χ3v) is 3.35. The molecule has 1 aromatic heterocycles. The molecule has 1 amide bonds. The molecule has 0 spiro atoms. The molecule has 5 heteroatoms. The van der Waals surface area contributed by atoms with E-state index in [1.54, 1.807) is 17.8 Å². The highest BCUT2D eigenvalue weighted by atomic mass is 16.3. The van der Waals surface area contributed by atoms with E-state index in [2.05, 4.69) is 10.4 Å². The van der Waals surface area contributed by atoms with Gasteiger partial charge in [0.2, 0.25) is 0 Å². The maximum absolute atomic E-state index is 11.9. The molecule has 1 heterocycles. The molecule has 2 rings (SSSR count). The summed E-state index contributed by atoms with van der Waals surface area (Å²) in [5, 5.41) is 16.9. The molecule has 0 aliphatic rings. The van der Waals surface area contributed by atoms with Crippen LogP contribution in [0, 0.1) is 13.8 Å². The number of aryl methyl sites for hydroxylation is 3. The van der Waals surface area contributed by atoms with E-state index >= 15 is 0 Å². The van der Waals surface area contributed by atoms with Crippen molar-refractivity contribution in [1.29, 1.82) is 0 Å². The number of aliphatic hydroxyl groups excluding tert-OH is 1. The summed E-state index contributed by atoms with van der Waals surface area (Å²) in [6.07, 6.45) is -0.718. The highest BCUT2D eigenvalue weighted by Crippen LogP contribution is 2.16. The van der Waals surface area contributed by atoms with Gasteiger partial charge in [-0.25, -0.2) is 0 Å². The molecule has 106 valence electrons. The van der Waals surface area contributed by atoms with Crippen LogP contribution in [0.25, 0.3) is 0 Å². The number of aromatic nitrogens is 2. The first-order valence-corrected chi connectivity index (χ1v) is 6.51. The van der Waals surface area contributed by atoms with E-state index in [4.69, 9.17) is 0 Å². The fraction of sp³-hybridized carbons (Fsp3) is 0.333. The van der Waals surface area contributed by atoms with E-state index in [-0.39, 0.29) is 12.5 Å². The molecule has 20 heavy (non-hydrogen) atoms. The standard InChI is InChI=1S/C15H19N3O2/c1-10-6-4-5-7-12(10)14(19)9-16-15(20)13-8-11(2)18(3)17-13/h4-8,14,19H,9H2,1-3H3,(H,16,20). The van der Waals surface area contributed by atoms with E-state index < -0.39 is 6.10 Å². The number of carbonyl (C=O) groups excluding carboxylic acids is 1. The number of benzene rings is 1. The summed E-state index contributed by atoms with van der Waals surface area (Å²) in [5.41, 5.74) is 3.10. The Hall–Kier alpha value is -2.14. The van der Waals surface area contributed by atoms with E-state index in [1.165, 1.54) is 0 Å². The molecular formula is C15H19N3O2. The van der Waals surface area contributed by atoms with Gasteiger partial charge in [-0.15, -0.1) is 0 Å². The Balaban J connectivity index is 1.98. The zero-order valence-corrected chi connectivity index (χ0v) is 11.9. The summed E-state index contributed by atoms with van der Waals surface area (Å²) in [6, 6.07) is 9.30. The molecule has 0 saturated carbocycles. The van der Waals surface area contributed by atoms with Crippen LogP contribution in [-0.2, 0) is 7.05 Å². The van der Waals surface area contributed by atoms with Gasteiger partial charge in [0.1, 0.15) is 5.69 Å². The number of hydrogen-bond donors (Lipinski definition) is 2. The maximum Gasteiger partial charge on any atom is 0.271 e. The minimum Gasteiger partial charge on any atom is -0.387 e. The van der Waals surface area contributed by atoms with Crippen LogP contribution in [0.5, 0.6) is 0 Å². The smallest absolute Gasteiger partial charge is 0.271 e. The maximum atomic E-state index is 11.9. The summed E-state index contributed by atoms with van der Waals surface area (Å²) in [5.74, 6) is -0.277. The van der Waals surface area contributed by atoms with Crippen molar-refractivity contribution >= 4 is 5.91 Å². The number of rotatable bonds is 4. The third-order valence-electron chi connectivity index (χ3n) is 3.35. The lowest BCUT2D eigenvalue weighted by molar-refractivity contribution is 0.0910. The molecule has 1 unspecified atom stereocenters. The molecule has 0 radical (unpaired) electrons. The Morgan fingerprint density at radius 1 is 1.40 bits per heavy atom. The largest absolute Gasteiger partial charge is 0.387 e. The molecule has 0 saturated heterocycles. The molecule has 0 aliphatic heterocycles. The molecule has 5 nitrogen and oxygen atoms in total. The Kier molecular flexibility index (Phi) is 4.20. The van der Waals surface area contributed by atoms with Crippen LogP contribution in [0.3, 0.4) is 0 Å². The first kappa shape index (κ1) is 14.3. The van der Waals surface area contributed by atoms with Gasteiger partial charge in [0.25, 0.3) is 5.91 Å². The summed E-state index contributed by atoms with van der Waals surface area (Å²) >= 11 is 0. The van der Waals surface area contributed by atoms with Crippen molar-refractivity contribution in [3.8, 4) is 0 Å². The van der Waals surface area contributed by atoms with Crippen LogP contribution in [0.15, 0.2) is 30.3 Å². The lowest BCUT2D eigenvalue weighted by Gasteiger charge is -2.13. The highest BCUT2D eigenvalue weighted by Gasteiger charge is 2.14. The van der Waals surface area contributed by atoms with Gasteiger partial charge >= 0.3 is 0 Å². The van der Waals surface area contributed by atoms with E-state index in [0.29, 0.717) is 5.69 Å². The SMILES string of the molecule is Cc1ccccc1C(O)CNC(=O)c1cc(C)n(C)n1. The highest BCUT2D eigenvalue weighted by molar-refractivity contribution is 5.92. The third kappa shape index (κ3) is 3.05. The monoisotopic (exact) mass is 273 g/mol. The van der Waals surface area contributed by atoms with Crippen LogP contribution in [0.1, 0.15) is 33.4 Å². The van der Waals surface area contributed by atoms with Crippen molar-refractivity contribution in [2.24, 2.45) is 7.05 Å². The molecular weight excluding hydrogens is 254 g/mol. The number of carbonyl (C=O) groups is 1. The summed E-state index contributed by atoms with van der Waals surface area (Å²) in [4.78, 5) is 11.9. The zero-order valence-electron chi connectivity index (χ0n) is 11.9. The minimum absolute atomic E-state index is 0.166. The average molecular weight is 273 g/mol. The number of hydrogen-bond acceptors (Lipinski definition) is 3. The van der Waals surface area contributed by atoms with E-state index in [0.717, 1.165) is 16.8 Å². The van der Waals surface area contributed by atoms with Gasteiger partial charge in [-0.2, -0.15) is 5.10 Å². The lowest BCUT2D eigenvalue weighted by Crippen LogP contribution is -2.29. The first-order valence-electron chi connectivity index (χ1n) is 6.51. The predicted molar refractivity (Wildman–Crippen MR) is 76.4 cm³/mol. The van der Waals surface area contributed by atoms with Crippen molar-refractivity contribution in [2.45, 2.75) is 20.0 Å². The van der Waals surface area contributed by atoms with Crippen molar-refractivity contribution in [1.82, 2.24) is 15.1 Å². The van der Waals surface area contributed by atoms with Gasteiger partial charge in [0.15, 0.2) is 0 Å². The van der Waals surface area contributed by atoms with Gasteiger partial charge < -0.3 is 10.4 Å². The molecule has 2 aromatic rings. The fourth-order valence-corrected chi connectivity index (χ4v) is 2.02. The fourth-order valence-electron chi connectivity index (χ4n) is 2.02. The van der Waals surface area contributed by atoms with Gasteiger partial charge in [-0.05, 0) is 31.0 Å². The van der Waals surface area contributed by atoms with Crippen molar-refractivity contribution in [2.75, 3.05) is 6.54 Å². The van der Waals surface area contributed by atoms with Gasteiger partial charge in [-0.3, -0.25) is 9.48 Å². The number of amides is 1. The molecule has 0 bridgehead atoms.